The zero-order valence-corrected chi connectivity index (χ0v) is 11.7. The Labute approximate surface area is 118 Å². The maximum absolute atomic E-state index is 11.8. The second-order valence-corrected chi connectivity index (χ2v) is 5.50. The zero-order valence-electron chi connectivity index (χ0n) is 10.9. The molecule has 1 aromatic rings. The van der Waals surface area contributed by atoms with Crippen molar-refractivity contribution in [1.29, 1.82) is 0 Å². The van der Waals surface area contributed by atoms with Gasteiger partial charge in [-0.2, -0.15) is 0 Å². The Kier molecular flexibility index (Phi) is 5.48. The molecule has 1 heterocycles. The minimum Gasteiger partial charge on any atom is -0.377 e. The van der Waals surface area contributed by atoms with Gasteiger partial charge in [0.1, 0.15) is 0 Å². The first kappa shape index (κ1) is 14.2. The third-order valence-electron chi connectivity index (χ3n) is 2.96. The summed E-state index contributed by atoms with van der Waals surface area (Å²) in [6.45, 7) is 4.73. The minimum atomic E-state index is 0.101. The molecule has 0 spiro atoms. The molecule has 0 radical (unpaired) electrons. The summed E-state index contributed by atoms with van der Waals surface area (Å²) in [4.78, 5) is 13.1. The molecule has 2 rings (SSSR count). The largest absolute Gasteiger partial charge is 0.377 e. The smallest absolute Gasteiger partial charge is 0.220 e. The molecular formula is C15H19NO2S. The van der Waals surface area contributed by atoms with E-state index < -0.39 is 0 Å². The molecule has 1 atom stereocenters. The fourth-order valence-corrected chi connectivity index (χ4v) is 3.21. The first-order valence-electron chi connectivity index (χ1n) is 6.51. The van der Waals surface area contributed by atoms with Crippen LogP contribution in [-0.2, 0) is 9.53 Å². The van der Waals surface area contributed by atoms with Gasteiger partial charge in [0.25, 0.3) is 0 Å². The van der Waals surface area contributed by atoms with Gasteiger partial charge in [-0.1, -0.05) is 24.3 Å². The van der Waals surface area contributed by atoms with Gasteiger partial charge >= 0.3 is 0 Å². The number of thioether (sulfide) groups is 1. The van der Waals surface area contributed by atoms with E-state index in [4.69, 9.17) is 4.74 Å². The normalized spacial score (nSPS) is 16.9. The quantitative estimate of drug-likeness (QED) is 0.615. The summed E-state index contributed by atoms with van der Waals surface area (Å²) in [5, 5.41) is 3.09. The SMILES string of the molecule is C=CCOCCCC(=O)N[C@H]1CSc2ccccc21. The minimum absolute atomic E-state index is 0.101. The Balaban J connectivity index is 1.73. The Morgan fingerprint density at radius 2 is 2.37 bits per heavy atom. The van der Waals surface area contributed by atoms with Crippen molar-refractivity contribution >= 4 is 17.7 Å². The molecule has 0 aromatic heterocycles. The summed E-state index contributed by atoms with van der Waals surface area (Å²) >= 11 is 1.80. The van der Waals surface area contributed by atoms with Crippen LogP contribution in [0.25, 0.3) is 0 Å². The summed E-state index contributed by atoms with van der Waals surface area (Å²) in [5.41, 5.74) is 1.24. The fraction of sp³-hybridized carbons (Fsp3) is 0.400. The molecule has 1 aromatic carbocycles. The first-order valence-corrected chi connectivity index (χ1v) is 7.49. The molecular weight excluding hydrogens is 258 g/mol. The molecule has 0 aliphatic carbocycles. The van der Waals surface area contributed by atoms with E-state index in [2.05, 4.69) is 24.0 Å². The number of nitrogens with one attached hydrogen (secondary N) is 1. The van der Waals surface area contributed by atoms with Crippen molar-refractivity contribution in [2.45, 2.75) is 23.8 Å². The molecule has 3 nitrogen and oxygen atoms in total. The molecule has 0 saturated carbocycles. The van der Waals surface area contributed by atoms with E-state index >= 15 is 0 Å². The Bertz CT molecular complexity index is 448. The number of rotatable bonds is 7. The second kappa shape index (κ2) is 7.36. The molecule has 102 valence electrons. The van der Waals surface area contributed by atoms with Crippen LogP contribution < -0.4 is 5.32 Å². The van der Waals surface area contributed by atoms with Crippen LogP contribution in [0.15, 0.2) is 41.8 Å². The van der Waals surface area contributed by atoms with Crippen molar-refractivity contribution < 1.29 is 9.53 Å². The Hall–Kier alpha value is -1.26. The highest BCUT2D eigenvalue weighted by Gasteiger charge is 2.23. The van der Waals surface area contributed by atoms with Gasteiger partial charge in [-0.25, -0.2) is 0 Å². The van der Waals surface area contributed by atoms with E-state index in [1.807, 2.05) is 12.1 Å². The van der Waals surface area contributed by atoms with Crippen LogP contribution in [0.5, 0.6) is 0 Å². The van der Waals surface area contributed by atoms with E-state index in [0.717, 1.165) is 12.2 Å². The van der Waals surface area contributed by atoms with Crippen LogP contribution in [-0.4, -0.2) is 24.9 Å². The van der Waals surface area contributed by atoms with Crippen LogP contribution in [0.2, 0.25) is 0 Å². The third-order valence-corrected chi connectivity index (χ3v) is 4.15. The molecule has 1 amide bonds. The lowest BCUT2D eigenvalue weighted by molar-refractivity contribution is -0.122. The van der Waals surface area contributed by atoms with Gasteiger partial charge in [0.05, 0.1) is 12.6 Å². The zero-order chi connectivity index (χ0) is 13.5. The van der Waals surface area contributed by atoms with Crippen LogP contribution in [0.1, 0.15) is 24.4 Å². The number of carbonyl (C=O) groups excluding carboxylic acids is 1. The maximum atomic E-state index is 11.8. The van der Waals surface area contributed by atoms with Crippen molar-refractivity contribution in [3.63, 3.8) is 0 Å². The molecule has 19 heavy (non-hydrogen) atoms. The van der Waals surface area contributed by atoms with Crippen LogP contribution in [0.3, 0.4) is 0 Å². The van der Waals surface area contributed by atoms with E-state index in [0.29, 0.717) is 19.6 Å². The van der Waals surface area contributed by atoms with E-state index in [1.54, 1.807) is 17.8 Å². The van der Waals surface area contributed by atoms with Gasteiger partial charge < -0.3 is 10.1 Å². The number of hydrogen-bond donors (Lipinski definition) is 1. The number of hydrogen-bond acceptors (Lipinski definition) is 3. The predicted octanol–water partition coefficient (Wildman–Crippen LogP) is 2.93. The average Bonchev–Trinajstić information content (AvgIpc) is 2.82. The summed E-state index contributed by atoms with van der Waals surface area (Å²) in [6, 6.07) is 8.41. The van der Waals surface area contributed by atoms with Crippen LogP contribution in [0, 0.1) is 0 Å². The van der Waals surface area contributed by atoms with Crippen molar-refractivity contribution in [2.75, 3.05) is 19.0 Å². The topological polar surface area (TPSA) is 38.3 Å². The third kappa shape index (κ3) is 4.11. The van der Waals surface area contributed by atoms with Gasteiger partial charge in [0.2, 0.25) is 5.91 Å². The van der Waals surface area contributed by atoms with Crippen molar-refractivity contribution in [3.05, 3.63) is 42.5 Å². The van der Waals surface area contributed by atoms with Gasteiger partial charge in [-0.15, -0.1) is 18.3 Å². The Morgan fingerprint density at radius 3 is 3.21 bits per heavy atom. The lowest BCUT2D eigenvalue weighted by Crippen LogP contribution is -2.28. The van der Waals surface area contributed by atoms with Gasteiger partial charge in [-0.05, 0) is 18.1 Å². The summed E-state index contributed by atoms with van der Waals surface area (Å²) in [5.74, 6) is 1.03. The van der Waals surface area contributed by atoms with Crippen LogP contribution in [0.4, 0.5) is 0 Å². The highest BCUT2D eigenvalue weighted by atomic mass is 32.2. The molecule has 0 bridgehead atoms. The van der Waals surface area contributed by atoms with Crippen molar-refractivity contribution in [3.8, 4) is 0 Å². The number of carbonyl (C=O) groups is 1. The molecule has 4 heteroatoms. The summed E-state index contributed by atoms with van der Waals surface area (Å²) < 4.78 is 5.26. The molecule has 1 aliphatic rings. The molecule has 0 saturated heterocycles. The van der Waals surface area contributed by atoms with E-state index in [-0.39, 0.29) is 11.9 Å². The predicted molar refractivity (Wildman–Crippen MR) is 78.3 cm³/mol. The average molecular weight is 277 g/mol. The van der Waals surface area contributed by atoms with Crippen LogP contribution >= 0.6 is 11.8 Å². The van der Waals surface area contributed by atoms with Gasteiger partial charge in [0, 0.05) is 23.7 Å². The lowest BCUT2D eigenvalue weighted by atomic mass is 10.1. The van der Waals surface area contributed by atoms with Crippen molar-refractivity contribution in [1.82, 2.24) is 5.32 Å². The van der Waals surface area contributed by atoms with Gasteiger partial charge in [0.15, 0.2) is 0 Å². The van der Waals surface area contributed by atoms with E-state index in [1.165, 1.54) is 10.5 Å². The number of benzene rings is 1. The summed E-state index contributed by atoms with van der Waals surface area (Å²) in [6.07, 6.45) is 2.98. The number of ether oxygens (including phenoxy) is 1. The maximum Gasteiger partial charge on any atom is 0.220 e. The van der Waals surface area contributed by atoms with Gasteiger partial charge in [-0.3, -0.25) is 4.79 Å². The molecule has 1 aliphatic heterocycles. The van der Waals surface area contributed by atoms with E-state index in [9.17, 15) is 4.79 Å². The number of fused-ring (bicyclic) bond motifs is 1. The summed E-state index contributed by atoms with van der Waals surface area (Å²) in [7, 11) is 0. The second-order valence-electron chi connectivity index (χ2n) is 4.44. The standard InChI is InChI=1S/C15H19NO2S/c1-2-9-18-10-5-8-15(17)16-13-11-19-14-7-4-3-6-12(13)14/h2-4,6-7,13H,1,5,8-11H2,(H,16,17)/t13-/m0/s1. The number of amides is 1. The molecule has 0 unspecified atom stereocenters. The monoisotopic (exact) mass is 277 g/mol. The Morgan fingerprint density at radius 1 is 1.53 bits per heavy atom. The van der Waals surface area contributed by atoms with Crippen molar-refractivity contribution in [2.24, 2.45) is 0 Å². The lowest BCUT2D eigenvalue weighted by Gasteiger charge is -2.13. The molecule has 0 fully saturated rings. The first-order chi connectivity index (χ1) is 9.31. The highest BCUT2D eigenvalue weighted by molar-refractivity contribution is 7.99. The fourth-order valence-electron chi connectivity index (χ4n) is 2.05. The molecule has 1 N–H and O–H groups in total. The highest BCUT2D eigenvalue weighted by Crippen LogP contribution is 2.37.